The van der Waals surface area contributed by atoms with Gasteiger partial charge in [0.25, 0.3) is 0 Å². The number of ether oxygens (including phenoxy) is 1. The van der Waals surface area contributed by atoms with Crippen molar-refractivity contribution in [1.29, 1.82) is 0 Å². The molecular formula is C14H18O2. The molecule has 0 N–H and O–H groups in total. The van der Waals surface area contributed by atoms with Crippen LogP contribution in [0.1, 0.15) is 31.7 Å². The van der Waals surface area contributed by atoms with Gasteiger partial charge in [0.2, 0.25) is 0 Å². The molecule has 1 rings (SSSR count). The molecule has 0 saturated heterocycles. The number of hydrogen-bond donors (Lipinski definition) is 0. The molecule has 2 nitrogen and oxygen atoms in total. The van der Waals surface area contributed by atoms with E-state index in [1.807, 2.05) is 30.3 Å². The van der Waals surface area contributed by atoms with Crippen LogP contribution in [0, 0.1) is 0 Å². The van der Waals surface area contributed by atoms with E-state index in [0.717, 1.165) is 24.8 Å². The minimum Gasteiger partial charge on any atom is -0.462 e. The molecule has 86 valence electrons. The van der Waals surface area contributed by atoms with Crippen molar-refractivity contribution >= 4 is 11.5 Å². The zero-order chi connectivity index (χ0) is 11.8. The number of unbranched alkanes of at least 4 members (excludes halogenated alkanes) is 2. The van der Waals surface area contributed by atoms with Crippen molar-refractivity contribution in [3.63, 3.8) is 0 Å². The van der Waals surface area contributed by atoms with Crippen LogP contribution in [0.3, 0.4) is 0 Å². The van der Waals surface area contributed by atoms with Gasteiger partial charge in [-0.2, -0.15) is 0 Å². The molecule has 1 aromatic carbocycles. The third-order valence-corrected chi connectivity index (χ3v) is 2.35. The lowest BCUT2D eigenvalue weighted by Gasteiger charge is -2.06. The van der Waals surface area contributed by atoms with E-state index < -0.39 is 0 Å². The highest BCUT2D eigenvalue weighted by Crippen LogP contribution is 2.13. The van der Waals surface area contributed by atoms with Crippen molar-refractivity contribution in [1.82, 2.24) is 0 Å². The summed E-state index contributed by atoms with van der Waals surface area (Å²) in [5.74, 6) is -0.317. The van der Waals surface area contributed by atoms with E-state index in [1.165, 1.54) is 0 Å². The maximum absolute atomic E-state index is 11.6. The van der Waals surface area contributed by atoms with E-state index >= 15 is 0 Å². The summed E-state index contributed by atoms with van der Waals surface area (Å²) in [7, 11) is 0. The summed E-state index contributed by atoms with van der Waals surface area (Å²) in [6.45, 7) is 6.35. The number of carbonyl (C=O) groups is 1. The minimum atomic E-state index is -0.317. The predicted octanol–water partition coefficient (Wildman–Crippen LogP) is 3.43. The molecule has 0 aromatic heterocycles. The van der Waals surface area contributed by atoms with Gasteiger partial charge in [0.15, 0.2) is 0 Å². The van der Waals surface area contributed by atoms with Gasteiger partial charge in [-0.25, -0.2) is 4.79 Å². The van der Waals surface area contributed by atoms with Gasteiger partial charge < -0.3 is 4.74 Å². The highest BCUT2D eigenvalue weighted by molar-refractivity contribution is 6.15. The zero-order valence-corrected chi connectivity index (χ0v) is 9.74. The lowest BCUT2D eigenvalue weighted by molar-refractivity contribution is -0.136. The number of rotatable bonds is 6. The highest BCUT2D eigenvalue weighted by atomic mass is 16.5. The Morgan fingerprint density at radius 3 is 2.56 bits per heavy atom. The first-order valence-corrected chi connectivity index (χ1v) is 5.67. The molecule has 0 bridgehead atoms. The summed E-state index contributed by atoms with van der Waals surface area (Å²) >= 11 is 0. The van der Waals surface area contributed by atoms with Gasteiger partial charge in [-0.3, -0.25) is 0 Å². The second-order valence-corrected chi connectivity index (χ2v) is 3.69. The van der Waals surface area contributed by atoms with Gasteiger partial charge in [0.05, 0.1) is 12.2 Å². The summed E-state index contributed by atoms with van der Waals surface area (Å²) in [4.78, 5) is 11.6. The lowest BCUT2D eigenvalue weighted by Crippen LogP contribution is -2.07. The summed E-state index contributed by atoms with van der Waals surface area (Å²) in [6, 6.07) is 9.38. The molecule has 0 aliphatic heterocycles. The molecule has 0 atom stereocenters. The maximum atomic E-state index is 11.6. The van der Waals surface area contributed by atoms with E-state index in [0.29, 0.717) is 12.2 Å². The van der Waals surface area contributed by atoms with Gasteiger partial charge in [0, 0.05) is 0 Å². The number of esters is 1. The van der Waals surface area contributed by atoms with Crippen molar-refractivity contribution in [3.8, 4) is 0 Å². The van der Waals surface area contributed by atoms with Crippen LogP contribution in [-0.2, 0) is 9.53 Å². The largest absolute Gasteiger partial charge is 0.462 e. The Kier molecular flexibility index (Phi) is 5.34. The van der Waals surface area contributed by atoms with E-state index in [2.05, 4.69) is 13.5 Å². The molecule has 0 heterocycles. The topological polar surface area (TPSA) is 26.3 Å². The quantitative estimate of drug-likeness (QED) is 0.415. The summed E-state index contributed by atoms with van der Waals surface area (Å²) in [5.41, 5.74) is 1.25. The summed E-state index contributed by atoms with van der Waals surface area (Å²) in [6.07, 6.45) is 3.13. The fraction of sp³-hybridized carbons (Fsp3) is 0.357. The third-order valence-electron chi connectivity index (χ3n) is 2.35. The molecule has 0 spiro atoms. The molecule has 0 saturated carbocycles. The Morgan fingerprint density at radius 2 is 1.94 bits per heavy atom. The monoisotopic (exact) mass is 218 g/mol. The van der Waals surface area contributed by atoms with Gasteiger partial charge >= 0.3 is 5.97 Å². The van der Waals surface area contributed by atoms with Gasteiger partial charge in [0.1, 0.15) is 0 Å². The fourth-order valence-corrected chi connectivity index (χ4v) is 1.36. The van der Waals surface area contributed by atoms with Crippen molar-refractivity contribution in [2.75, 3.05) is 6.61 Å². The summed E-state index contributed by atoms with van der Waals surface area (Å²) < 4.78 is 5.12. The SMILES string of the molecule is C=C(C(=O)OCCCCC)c1ccccc1. The van der Waals surface area contributed by atoms with Gasteiger partial charge in [-0.1, -0.05) is 56.7 Å². The Bertz CT molecular complexity index is 341. The van der Waals surface area contributed by atoms with Gasteiger partial charge in [-0.15, -0.1) is 0 Å². The van der Waals surface area contributed by atoms with Crippen LogP contribution in [0.25, 0.3) is 5.57 Å². The molecule has 0 aliphatic rings. The van der Waals surface area contributed by atoms with Crippen LogP contribution in [0.2, 0.25) is 0 Å². The normalized spacial score (nSPS) is 9.81. The second kappa shape index (κ2) is 6.83. The smallest absolute Gasteiger partial charge is 0.338 e. The van der Waals surface area contributed by atoms with E-state index in [1.54, 1.807) is 0 Å². The Hall–Kier alpha value is -1.57. The van der Waals surface area contributed by atoms with Crippen LogP contribution < -0.4 is 0 Å². The van der Waals surface area contributed by atoms with Crippen LogP contribution in [0.5, 0.6) is 0 Å². The summed E-state index contributed by atoms with van der Waals surface area (Å²) in [5, 5.41) is 0. The molecule has 2 heteroatoms. The van der Waals surface area contributed by atoms with Crippen molar-refractivity contribution < 1.29 is 9.53 Å². The Morgan fingerprint density at radius 1 is 1.25 bits per heavy atom. The first-order chi connectivity index (χ1) is 7.75. The first-order valence-electron chi connectivity index (χ1n) is 5.67. The van der Waals surface area contributed by atoms with Crippen LogP contribution in [-0.4, -0.2) is 12.6 Å². The van der Waals surface area contributed by atoms with Crippen molar-refractivity contribution in [3.05, 3.63) is 42.5 Å². The standard InChI is InChI=1S/C14H18O2/c1-3-4-8-11-16-14(15)12(2)13-9-6-5-7-10-13/h5-7,9-10H,2-4,8,11H2,1H3. The number of benzene rings is 1. The molecule has 0 fully saturated rings. The molecule has 0 aliphatic carbocycles. The molecule has 16 heavy (non-hydrogen) atoms. The highest BCUT2D eigenvalue weighted by Gasteiger charge is 2.09. The Balaban J connectivity index is 2.40. The molecule has 1 aromatic rings. The lowest BCUT2D eigenvalue weighted by atomic mass is 10.1. The number of carbonyl (C=O) groups excluding carboxylic acids is 1. The molecule has 0 radical (unpaired) electrons. The van der Waals surface area contributed by atoms with Gasteiger partial charge in [-0.05, 0) is 12.0 Å². The van der Waals surface area contributed by atoms with Crippen molar-refractivity contribution in [2.24, 2.45) is 0 Å². The predicted molar refractivity (Wildman–Crippen MR) is 66.0 cm³/mol. The van der Waals surface area contributed by atoms with Crippen LogP contribution >= 0.6 is 0 Å². The zero-order valence-electron chi connectivity index (χ0n) is 9.74. The molecule has 0 amide bonds. The number of hydrogen-bond acceptors (Lipinski definition) is 2. The van der Waals surface area contributed by atoms with Crippen LogP contribution in [0.4, 0.5) is 0 Å². The second-order valence-electron chi connectivity index (χ2n) is 3.69. The third kappa shape index (κ3) is 3.89. The van der Waals surface area contributed by atoms with E-state index in [9.17, 15) is 4.79 Å². The van der Waals surface area contributed by atoms with Crippen molar-refractivity contribution in [2.45, 2.75) is 26.2 Å². The minimum absolute atomic E-state index is 0.317. The average molecular weight is 218 g/mol. The van der Waals surface area contributed by atoms with E-state index in [-0.39, 0.29) is 5.97 Å². The fourth-order valence-electron chi connectivity index (χ4n) is 1.36. The van der Waals surface area contributed by atoms with E-state index in [4.69, 9.17) is 4.74 Å². The van der Waals surface area contributed by atoms with Crippen LogP contribution in [0.15, 0.2) is 36.9 Å². The Labute approximate surface area is 96.9 Å². The first kappa shape index (κ1) is 12.5. The average Bonchev–Trinajstić information content (AvgIpc) is 2.34. The molecular weight excluding hydrogens is 200 g/mol. The molecule has 0 unspecified atom stereocenters. The maximum Gasteiger partial charge on any atom is 0.338 e.